The molecule has 1 saturated carbocycles. The van der Waals surface area contributed by atoms with Crippen molar-refractivity contribution < 1.29 is 14.6 Å². The summed E-state index contributed by atoms with van der Waals surface area (Å²) in [6.07, 6.45) is 3.88. The van der Waals surface area contributed by atoms with Crippen molar-refractivity contribution in [2.75, 3.05) is 14.2 Å². The Morgan fingerprint density at radius 1 is 1.17 bits per heavy atom. The molecule has 0 spiro atoms. The fourth-order valence-electron chi connectivity index (χ4n) is 2.68. The number of rotatable bonds is 3. The molecule has 0 radical (unpaired) electrons. The number of aliphatic hydroxyl groups is 1. The van der Waals surface area contributed by atoms with Crippen molar-refractivity contribution in [1.82, 2.24) is 0 Å². The Hall–Kier alpha value is -0.740. The van der Waals surface area contributed by atoms with Crippen LogP contribution in [0.25, 0.3) is 0 Å². The van der Waals surface area contributed by atoms with Crippen molar-refractivity contribution >= 4 is 15.9 Å². The summed E-state index contributed by atoms with van der Waals surface area (Å²) in [6.45, 7) is 0. The van der Waals surface area contributed by atoms with Gasteiger partial charge in [-0.15, -0.1) is 0 Å². The van der Waals surface area contributed by atoms with Gasteiger partial charge in [-0.05, 0) is 34.8 Å². The summed E-state index contributed by atoms with van der Waals surface area (Å²) in [4.78, 5) is 0. The second kappa shape index (κ2) is 5.93. The average Bonchev–Trinajstić information content (AvgIpc) is 2.39. The first-order valence-corrected chi connectivity index (χ1v) is 7.06. The van der Waals surface area contributed by atoms with Crippen LogP contribution in [0.15, 0.2) is 16.6 Å². The summed E-state index contributed by atoms with van der Waals surface area (Å²) in [5.41, 5.74) is 1.07. The molecule has 0 amide bonds. The molecule has 1 aromatic carbocycles. The minimum Gasteiger partial charge on any atom is -0.495 e. The van der Waals surface area contributed by atoms with Gasteiger partial charge in [0, 0.05) is 11.5 Å². The molecule has 2 unspecified atom stereocenters. The van der Waals surface area contributed by atoms with Crippen LogP contribution in [0.3, 0.4) is 0 Å². The highest BCUT2D eigenvalue weighted by Gasteiger charge is 2.28. The Labute approximate surface area is 116 Å². The van der Waals surface area contributed by atoms with Crippen LogP contribution >= 0.6 is 15.9 Å². The van der Waals surface area contributed by atoms with Crippen LogP contribution in [0.4, 0.5) is 0 Å². The molecule has 0 saturated heterocycles. The van der Waals surface area contributed by atoms with E-state index < -0.39 is 0 Å². The van der Waals surface area contributed by atoms with Gasteiger partial charge in [-0.3, -0.25) is 0 Å². The summed E-state index contributed by atoms with van der Waals surface area (Å²) >= 11 is 3.51. The fraction of sp³-hybridized carbons (Fsp3) is 0.571. The Morgan fingerprint density at radius 3 is 2.50 bits per heavy atom. The zero-order valence-corrected chi connectivity index (χ0v) is 12.4. The van der Waals surface area contributed by atoms with Gasteiger partial charge < -0.3 is 14.6 Å². The summed E-state index contributed by atoms with van der Waals surface area (Å²) in [6, 6.07) is 3.92. The van der Waals surface area contributed by atoms with Crippen LogP contribution in [-0.2, 0) is 0 Å². The van der Waals surface area contributed by atoms with E-state index in [2.05, 4.69) is 15.9 Å². The van der Waals surface area contributed by atoms with Crippen molar-refractivity contribution in [1.29, 1.82) is 0 Å². The van der Waals surface area contributed by atoms with Crippen LogP contribution in [-0.4, -0.2) is 25.4 Å². The molecule has 18 heavy (non-hydrogen) atoms. The molecule has 1 aliphatic rings. The lowest BCUT2D eigenvalue weighted by molar-refractivity contribution is 0.105. The van der Waals surface area contributed by atoms with Crippen molar-refractivity contribution in [3.8, 4) is 11.5 Å². The van der Waals surface area contributed by atoms with Gasteiger partial charge in [0.15, 0.2) is 0 Å². The second-order valence-corrected chi connectivity index (χ2v) is 5.46. The molecular weight excluding hydrogens is 296 g/mol. The molecule has 1 N–H and O–H groups in total. The summed E-state index contributed by atoms with van der Waals surface area (Å²) < 4.78 is 11.6. The third kappa shape index (κ3) is 2.50. The maximum Gasteiger partial charge on any atom is 0.140 e. The minimum absolute atomic E-state index is 0.163. The van der Waals surface area contributed by atoms with E-state index in [0.717, 1.165) is 47.2 Å². The Balaban J connectivity index is 2.40. The number of halogens is 1. The highest BCUT2D eigenvalue weighted by molar-refractivity contribution is 9.10. The van der Waals surface area contributed by atoms with E-state index in [-0.39, 0.29) is 12.0 Å². The van der Waals surface area contributed by atoms with Gasteiger partial charge >= 0.3 is 0 Å². The van der Waals surface area contributed by atoms with Crippen LogP contribution < -0.4 is 9.47 Å². The van der Waals surface area contributed by atoms with Crippen LogP contribution in [0.2, 0.25) is 0 Å². The standard InChI is InChI=1S/C14H19BrO3/c1-17-12-8-7-10(14(18-2)13(12)15)9-5-3-4-6-11(9)16/h7-9,11,16H,3-6H2,1-2H3. The average molecular weight is 315 g/mol. The van der Waals surface area contributed by atoms with E-state index in [1.807, 2.05) is 12.1 Å². The molecule has 1 fully saturated rings. The molecular formula is C14H19BrO3. The normalized spacial score (nSPS) is 23.8. The third-order valence-corrected chi connectivity index (χ3v) is 4.40. The molecule has 2 atom stereocenters. The van der Waals surface area contributed by atoms with Crippen LogP contribution in [0.5, 0.6) is 11.5 Å². The van der Waals surface area contributed by atoms with Gasteiger partial charge in [0.2, 0.25) is 0 Å². The smallest absolute Gasteiger partial charge is 0.140 e. The quantitative estimate of drug-likeness (QED) is 0.928. The largest absolute Gasteiger partial charge is 0.495 e. The highest BCUT2D eigenvalue weighted by Crippen LogP contribution is 2.44. The summed E-state index contributed by atoms with van der Waals surface area (Å²) in [7, 11) is 3.28. The first-order valence-electron chi connectivity index (χ1n) is 6.27. The molecule has 1 aliphatic carbocycles. The van der Waals surface area contributed by atoms with E-state index in [1.165, 1.54) is 0 Å². The molecule has 0 aromatic heterocycles. The van der Waals surface area contributed by atoms with Gasteiger partial charge in [-0.25, -0.2) is 0 Å². The summed E-state index contributed by atoms with van der Waals surface area (Å²) in [5.74, 6) is 1.69. The first-order chi connectivity index (χ1) is 8.69. The number of aliphatic hydroxyl groups excluding tert-OH is 1. The maximum atomic E-state index is 10.2. The number of methoxy groups -OCH3 is 2. The highest BCUT2D eigenvalue weighted by atomic mass is 79.9. The molecule has 4 heteroatoms. The molecule has 1 aromatic rings. The Kier molecular flexibility index (Phi) is 4.51. The van der Waals surface area contributed by atoms with Crippen molar-refractivity contribution in [2.24, 2.45) is 0 Å². The predicted molar refractivity (Wildman–Crippen MR) is 74.5 cm³/mol. The van der Waals surface area contributed by atoms with E-state index in [0.29, 0.717) is 0 Å². The summed E-state index contributed by atoms with van der Waals surface area (Å²) in [5, 5.41) is 10.2. The predicted octanol–water partition coefficient (Wildman–Crippen LogP) is 3.48. The van der Waals surface area contributed by atoms with Gasteiger partial charge in [0.1, 0.15) is 16.0 Å². The molecule has 0 aliphatic heterocycles. The molecule has 0 bridgehead atoms. The molecule has 100 valence electrons. The molecule has 0 heterocycles. The molecule has 2 rings (SSSR count). The number of ether oxygens (including phenoxy) is 2. The Morgan fingerprint density at radius 2 is 1.89 bits per heavy atom. The van der Waals surface area contributed by atoms with Crippen LogP contribution in [0.1, 0.15) is 37.2 Å². The van der Waals surface area contributed by atoms with Crippen molar-refractivity contribution in [2.45, 2.75) is 37.7 Å². The lowest BCUT2D eigenvalue weighted by atomic mass is 9.81. The molecule has 3 nitrogen and oxygen atoms in total. The minimum atomic E-state index is -0.270. The van der Waals surface area contributed by atoms with Gasteiger partial charge in [-0.1, -0.05) is 18.9 Å². The zero-order chi connectivity index (χ0) is 13.1. The zero-order valence-electron chi connectivity index (χ0n) is 10.8. The number of hydrogen-bond acceptors (Lipinski definition) is 3. The SMILES string of the molecule is COc1ccc(C2CCCCC2O)c(OC)c1Br. The van der Waals surface area contributed by atoms with E-state index in [9.17, 15) is 5.11 Å². The topological polar surface area (TPSA) is 38.7 Å². The van der Waals surface area contributed by atoms with Crippen LogP contribution in [0, 0.1) is 0 Å². The van der Waals surface area contributed by atoms with Crippen molar-refractivity contribution in [3.63, 3.8) is 0 Å². The second-order valence-electron chi connectivity index (χ2n) is 4.66. The van der Waals surface area contributed by atoms with Gasteiger partial charge in [0.05, 0.1) is 20.3 Å². The lowest BCUT2D eigenvalue weighted by Crippen LogP contribution is -2.23. The number of benzene rings is 1. The van der Waals surface area contributed by atoms with Crippen molar-refractivity contribution in [3.05, 3.63) is 22.2 Å². The lowest BCUT2D eigenvalue weighted by Gasteiger charge is -2.29. The van der Waals surface area contributed by atoms with E-state index >= 15 is 0 Å². The monoisotopic (exact) mass is 314 g/mol. The first kappa shape index (κ1) is 13.7. The van der Waals surface area contributed by atoms with Gasteiger partial charge in [0.25, 0.3) is 0 Å². The third-order valence-electron chi connectivity index (χ3n) is 3.65. The van der Waals surface area contributed by atoms with E-state index in [4.69, 9.17) is 9.47 Å². The fourth-order valence-corrected chi connectivity index (χ4v) is 3.37. The number of hydrogen-bond donors (Lipinski definition) is 1. The van der Waals surface area contributed by atoms with E-state index in [1.54, 1.807) is 14.2 Å². The Bertz CT molecular complexity index is 420. The maximum absolute atomic E-state index is 10.2. The van der Waals surface area contributed by atoms with Gasteiger partial charge in [-0.2, -0.15) is 0 Å².